The Morgan fingerprint density at radius 1 is 1.00 bits per heavy atom. The third-order valence-electron chi connectivity index (χ3n) is 3.20. The standard InChI is InChI=1S/C16H10F6O3/c1-8(14(23)24)4-12-2-3-13(25-12)9-5-10(15(17,18)19)7-11(6-9)16(20,21)22/h2-7H,1H3,(H,23,24)/b8-4+. The molecule has 0 fully saturated rings. The van der Waals surface area contributed by atoms with Gasteiger partial charge in [0.15, 0.2) is 0 Å². The van der Waals surface area contributed by atoms with Gasteiger partial charge in [0.2, 0.25) is 0 Å². The highest BCUT2D eigenvalue weighted by Crippen LogP contribution is 2.39. The topological polar surface area (TPSA) is 50.4 Å². The van der Waals surface area contributed by atoms with E-state index in [2.05, 4.69) is 0 Å². The summed E-state index contributed by atoms with van der Waals surface area (Å²) in [4.78, 5) is 10.7. The average molecular weight is 364 g/mol. The lowest BCUT2D eigenvalue weighted by molar-refractivity contribution is -0.143. The molecule has 134 valence electrons. The molecular formula is C16H10F6O3. The van der Waals surface area contributed by atoms with Crippen LogP contribution in [0.4, 0.5) is 26.3 Å². The molecule has 1 N–H and O–H groups in total. The molecule has 0 radical (unpaired) electrons. The van der Waals surface area contributed by atoms with Crippen molar-refractivity contribution in [2.75, 3.05) is 0 Å². The number of carboxylic acid groups (broad SMARTS) is 1. The van der Waals surface area contributed by atoms with Crippen LogP contribution in [0.2, 0.25) is 0 Å². The minimum Gasteiger partial charge on any atom is -0.478 e. The normalized spacial score (nSPS) is 13.2. The first kappa shape index (κ1) is 18.6. The van der Waals surface area contributed by atoms with Crippen LogP contribution in [0.1, 0.15) is 23.8 Å². The SMILES string of the molecule is C/C(=C\c1ccc(-c2cc(C(F)(F)F)cc(C(F)(F)F)c2)o1)C(=O)O. The van der Waals surface area contributed by atoms with Crippen molar-refractivity contribution in [1.29, 1.82) is 0 Å². The van der Waals surface area contributed by atoms with Crippen molar-refractivity contribution in [2.45, 2.75) is 19.3 Å². The van der Waals surface area contributed by atoms with Crippen LogP contribution in [0.15, 0.2) is 40.3 Å². The summed E-state index contributed by atoms with van der Waals surface area (Å²) in [6.07, 6.45) is -8.83. The lowest BCUT2D eigenvalue weighted by atomic mass is 10.0. The van der Waals surface area contributed by atoms with Crippen molar-refractivity contribution in [3.63, 3.8) is 0 Å². The predicted molar refractivity (Wildman–Crippen MR) is 75.4 cm³/mol. The van der Waals surface area contributed by atoms with E-state index in [0.717, 1.165) is 12.1 Å². The van der Waals surface area contributed by atoms with Crippen molar-refractivity contribution in [3.8, 4) is 11.3 Å². The molecule has 0 spiro atoms. The van der Waals surface area contributed by atoms with E-state index in [1.165, 1.54) is 13.0 Å². The maximum Gasteiger partial charge on any atom is 0.416 e. The number of alkyl halides is 6. The smallest absolute Gasteiger partial charge is 0.416 e. The number of hydrogen-bond acceptors (Lipinski definition) is 2. The van der Waals surface area contributed by atoms with E-state index in [0.29, 0.717) is 12.1 Å². The molecular weight excluding hydrogens is 354 g/mol. The molecule has 2 rings (SSSR count). The van der Waals surface area contributed by atoms with Gasteiger partial charge in [-0.05, 0) is 43.3 Å². The molecule has 0 atom stereocenters. The highest BCUT2D eigenvalue weighted by atomic mass is 19.4. The number of carbonyl (C=O) groups is 1. The van der Waals surface area contributed by atoms with Gasteiger partial charge in [-0.1, -0.05) is 0 Å². The van der Waals surface area contributed by atoms with Crippen LogP contribution < -0.4 is 0 Å². The highest BCUT2D eigenvalue weighted by molar-refractivity contribution is 5.91. The Kier molecular flexibility index (Phi) is 4.70. The molecule has 0 bridgehead atoms. The maximum absolute atomic E-state index is 12.8. The molecule has 0 unspecified atom stereocenters. The van der Waals surface area contributed by atoms with Crippen LogP contribution in [-0.2, 0) is 17.1 Å². The molecule has 0 saturated carbocycles. The van der Waals surface area contributed by atoms with E-state index in [1.807, 2.05) is 0 Å². The third-order valence-corrected chi connectivity index (χ3v) is 3.20. The van der Waals surface area contributed by atoms with E-state index >= 15 is 0 Å². The lowest BCUT2D eigenvalue weighted by Crippen LogP contribution is -2.11. The largest absolute Gasteiger partial charge is 0.478 e. The number of aliphatic carboxylic acids is 1. The van der Waals surface area contributed by atoms with Crippen molar-refractivity contribution < 1.29 is 40.7 Å². The zero-order chi connectivity index (χ0) is 19.0. The maximum atomic E-state index is 12.8. The Labute approximate surface area is 137 Å². The zero-order valence-corrected chi connectivity index (χ0v) is 12.5. The molecule has 1 heterocycles. The monoisotopic (exact) mass is 364 g/mol. The minimum absolute atomic E-state index is 0.0131. The Hall–Kier alpha value is -2.71. The van der Waals surface area contributed by atoms with Crippen molar-refractivity contribution in [3.05, 3.63) is 52.8 Å². The predicted octanol–water partition coefficient (Wildman–Crippen LogP) is 5.47. The van der Waals surface area contributed by atoms with Crippen LogP contribution in [0.5, 0.6) is 0 Å². The van der Waals surface area contributed by atoms with Gasteiger partial charge in [-0.15, -0.1) is 0 Å². The van der Waals surface area contributed by atoms with Crippen molar-refractivity contribution in [1.82, 2.24) is 0 Å². The molecule has 1 aromatic heterocycles. The van der Waals surface area contributed by atoms with Gasteiger partial charge in [-0.3, -0.25) is 0 Å². The van der Waals surface area contributed by atoms with Gasteiger partial charge in [0.25, 0.3) is 0 Å². The molecule has 25 heavy (non-hydrogen) atoms. The van der Waals surface area contributed by atoms with Crippen molar-refractivity contribution in [2.24, 2.45) is 0 Å². The van der Waals surface area contributed by atoms with Gasteiger partial charge in [0.1, 0.15) is 11.5 Å². The van der Waals surface area contributed by atoms with Gasteiger partial charge in [-0.2, -0.15) is 26.3 Å². The van der Waals surface area contributed by atoms with E-state index < -0.39 is 35.0 Å². The van der Waals surface area contributed by atoms with Crippen LogP contribution in [-0.4, -0.2) is 11.1 Å². The molecule has 0 aliphatic rings. The molecule has 9 heteroatoms. The van der Waals surface area contributed by atoms with E-state index in [1.54, 1.807) is 0 Å². The van der Waals surface area contributed by atoms with Crippen LogP contribution >= 0.6 is 0 Å². The Bertz CT molecular complexity index is 795. The first-order valence-corrected chi connectivity index (χ1v) is 6.69. The van der Waals surface area contributed by atoms with E-state index in [4.69, 9.17) is 9.52 Å². The summed E-state index contributed by atoms with van der Waals surface area (Å²) in [6.45, 7) is 1.26. The number of furan rings is 1. The summed E-state index contributed by atoms with van der Waals surface area (Å²) in [5, 5.41) is 8.76. The number of hydrogen-bond donors (Lipinski definition) is 1. The molecule has 2 aromatic rings. The number of rotatable bonds is 3. The quantitative estimate of drug-likeness (QED) is 0.580. The summed E-state index contributed by atoms with van der Waals surface area (Å²) < 4.78 is 82.2. The van der Waals surface area contributed by atoms with E-state index in [-0.39, 0.29) is 23.2 Å². The summed E-state index contributed by atoms with van der Waals surface area (Å²) in [5.41, 5.74) is -3.46. The fraction of sp³-hybridized carbons (Fsp3) is 0.188. The number of benzene rings is 1. The van der Waals surface area contributed by atoms with Crippen molar-refractivity contribution >= 4 is 12.0 Å². The average Bonchev–Trinajstić information content (AvgIpc) is 2.93. The van der Waals surface area contributed by atoms with Gasteiger partial charge in [-0.25, -0.2) is 4.79 Å². The lowest BCUT2D eigenvalue weighted by Gasteiger charge is -2.13. The third kappa shape index (κ3) is 4.43. The fourth-order valence-electron chi connectivity index (χ4n) is 1.96. The summed E-state index contributed by atoms with van der Waals surface area (Å²) >= 11 is 0. The van der Waals surface area contributed by atoms with Crippen LogP contribution in [0.3, 0.4) is 0 Å². The molecule has 0 amide bonds. The second-order valence-electron chi connectivity index (χ2n) is 5.13. The summed E-state index contributed by atoms with van der Waals surface area (Å²) in [6, 6.07) is 3.49. The second kappa shape index (κ2) is 6.30. The van der Waals surface area contributed by atoms with Gasteiger partial charge in [0, 0.05) is 11.1 Å². The molecule has 3 nitrogen and oxygen atoms in total. The summed E-state index contributed by atoms with van der Waals surface area (Å²) in [7, 11) is 0. The minimum atomic E-state index is -4.97. The second-order valence-corrected chi connectivity index (χ2v) is 5.13. The van der Waals surface area contributed by atoms with Gasteiger partial charge in [0.05, 0.1) is 11.1 Å². The highest BCUT2D eigenvalue weighted by Gasteiger charge is 2.37. The Morgan fingerprint density at radius 2 is 1.52 bits per heavy atom. The molecule has 1 aromatic carbocycles. The van der Waals surface area contributed by atoms with Crippen LogP contribution in [0.25, 0.3) is 17.4 Å². The Balaban J connectivity index is 2.54. The molecule has 0 aliphatic carbocycles. The zero-order valence-electron chi connectivity index (χ0n) is 12.5. The van der Waals surface area contributed by atoms with Gasteiger partial charge < -0.3 is 9.52 Å². The summed E-state index contributed by atoms with van der Waals surface area (Å²) in [5.74, 6) is -1.50. The molecule has 0 aliphatic heterocycles. The Morgan fingerprint density at radius 3 is 1.96 bits per heavy atom. The van der Waals surface area contributed by atoms with E-state index in [9.17, 15) is 31.1 Å². The molecule has 0 saturated heterocycles. The number of halogens is 6. The first-order valence-electron chi connectivity index (χ1n) is 6.69. The van der Waals surface area contributed by atoms with Gasteiger partial charge >= 0.3 is 18.3 Å². The number of carboxylic acids is 1. The fourth-order valence-corrected chi connectivity index (χ4v) is 1.96. The first-order chi connectivity index (χ1) is 11.4. The van der Waals surface area contributed by atoms with Crippen LogP contribution in [0, 0.1) is 0 Å².